The van der Waals surface area contributed by atoms with Crippen molar-refractivity contribution in [2.45, 2.75) is 32.6 Å². The standard InChI is InChI=1S/C17H20Cl2N2O2/c1-3-9-17(16(22)23-4-2)10-5-6-15(17)21-20-14-11-12(18)7-8-13(14)19/h3,7-8,11,20H,1,4-6,9-10H2,2H3/b21-15-. The van der Waals surface area contributed by atoms with E-state index in [0.717, 1.165) is 18.6 Å². The van der Waals surface area contributed by atoms with Gasteiger partial charge < -0.3 is 4.74 Å². The summed E-state index contributed by atoms with van der Waals surface area (Å²) in [6.45, 7) is 5.92. The van der Waals surface area contributed by atoms with E-state index in [1.807, 2.05) is 0 Å². The zero-order valence-electron chi connectivity index (χ0n) is 13.1. The third-order valence-electron chi connectivity index (χ3n) is 3.97. The minimum atomic E-state index is -0.726. The summed E-state index contributed by atoms with van der Waals surface area (Å²) in [6, 6.07) is 5.10. The fraction of sp³-hybridized carbons (Fsp3) is 0.412. The molecule has 0 bridgehead atoms. The average molecular weight is 355 g/mol. The van der Waals surface area contributed by atoms with Gasteiger partial charge in [-0.15, -0.1) is 6.58 Å². The van der Waals surface area contributed by atoms with Crippen LogP contribution in [0.15, 0.2) is 36.0 Å². The second-order valence-corrected chi connectivity index (χ2v) is 6.29. The lowest BCUT2D eigenvalue weighted by atomic mass is 9.81. The van der Waals surface area contributed by atoms with Gasteiger partial charge in [0.25, 0.3) is 0 Å². The van der Waals surface area contributed by atoms with Crippen molar-refractivity contribution in [3.8, 4) is 0 Å². The summed E-state index contributed by atoms with van der Waals surface area (Å²) in [5, 5.41) is 5.52. The van der Waals surface area contributed by atoms with Crippen molar-refractivity contribution in [1.82, 2.24) is 0 Å². The monoisotopic (exact) mass is 354 g/mol. The summed E-state index contributed by atoms with van der Waals surface area (Å²) in [5.41, 5.74) is 3.59. The Hall–Kier alpha value is -1.52. The lowest BCUT2D eigenvalue weighted by Crippen LogP contribution is -2.37. The predicted octanol–water partition coefficient (Wildman–Crippen LogP) is 5.07. The molecule has 0 heterocycles. The highest BCUT2D eigenvalue weighted by Gasteiger charge is 2.47. The summed E-state index contributed by atoms with van der Waals surface area (Å²) in [7, 11) is 0. The van der Waals surface area contributed by atoms with Crippen LogP contribution in [-0.4, -0.2) is 18.3 Å². The van der Waals surface area contributed by atoms with Crippen LogP contribution in [0, 0.1) is 5.41 Å². The summed E-state index contributed by atoms with van der Waals surface area (Å²) >= 11 is 12.1. The van der Waals surface area contributed by atoms with Crippen molar-refractivity contribution in [2.24, 2.45) is 10.5 Å². The van der Waals surface area contributed by atoms with E-state index in [1.165, 1.54) is 0 Å². The highest BCUT2D eigenvalue weighted by Crippen LogP contribution is 2.41. The van der Waals surface area contributed by atoms with E-state index in [-0.39, 0.29) is 5.97 Å². The Morgan fingerprint density at radius 1 is 1.52 bits per heavy atom. The first-order valence-electron chi connectivity index (χ1n) is 7.59. The van der Waals surface area contributed by atoms with Gasteiger partial charge in [-0.05, 0) is 50.8 Å². The molecule has 0 aliphatic heterocycles. The van der Waals surface area contributed by atoms with E-state index < -0.39 is 5.41 Å². The van der Waals surface area contributed by atoms with Gasteiger partial charge in [-0.3, -0.25) is 10.2 Å². The summed E-state index contributed by atoms with van der Waals surface area (Å²) in [6.07, 6.45) is 4.58. The number of ether oxygens (including phenoxy) is 1. The number of esters is 1. The Morgan fingerprint density at radius 2 is 2.30 bits per heavy atom. The van der Waals surface area contributed by atoms with Crippen molar-refractivity contribution in [1.29, 1.82) is 0 Å². The van der Waals surface area contributed by atoms with Crippen LogP contribution in [0.3, 0.4) is 0 Å². The predicted molar refractivity (Wildman–Crippen MR) is 95.3 cm³/mol. The molecule has 2 rings (SSSR count). The Morgan fingerprint density at radius 3 is 3.00 bits per heavy atom. The molecule has 1 fully saturated rings. The van der Waals surface area contributed by atoms with Crippen molar-refractivity contribution in [3.63, 3.8) is 0 Å². The molecule has 1 N–H and O–H groups in total. The lowest BCUT2D eigenvalue weighted by molar-refractivity contribution is -0.151. The van der Waals surface area contributed by atoms with Crippen molar-refractivity contribution in [3.05, 3.63) is 40.9 Å². The molecule has 1 saturated carbocycles. The molecule has 124 valence electrons. The third-order valence-corrected chi connectivity index (χ3v) is 4.53. The molecule has 0 aromatic heterocycles. The summed E-state index contributed by atoms with van der Waals surface area (Å²) in [5.74, 6) is -0.241. The molecule has 6 heteroatoms. The Kier molecular flexibility index (Phi) is 6.08. The highest BCUT2D eigenvalue weighted by molar-refractivity contribution is 6.35. The minimum Gasteiger partial charge on any atom is -0.465 e. The number of anilines is 1. The number of allylic oxidation sites excluding steroid dienone is 1. The van der Waals surface area contributed by atoms with Gasteiger partial charge in [0.1, 0.15) is 5.41 Å². The molecular weight excluding hydrogens is 335 g/mol. The molecule has 0 saturated heterocycles. The number of hydrogen-bond donors (Lipinski definition) is 1. The van der Waals surface area contributed by atoms with Gasteiger partial charge in [-0.2, -0.15) is 5.10 Å². The van der Waals surface area contributed by atoms with Gasteiger partial charge in [-0.25, -0.2) is 0 Å². The number of hydrazone groups is 1. The first-order chi connectivity index (χ1) is 11.0. The molecule has 4 nitrogen and oxygen atoms in total. The quantitative estimate of drug-likeness (QED) is 0.440. The number of hydrogen-bond acceptors (Lipinski definition) is 4. The van der Waals surface area contributed by atoms with Gasteiger partial charge in [0.2, 0.25) is 0 Å². The molecule has 0 radical (unpaired) electrons. The molecule has 0 spiro atoms. The smallest absolute Gasteiger partial charge is 0.318 e. The maximum atomic E-state index is 12.5. The summed E-state index contributed by atoms with van der Waals surface area (Å²) < 4.78 is 5.26. The number of carbonyl (C=O) groups is 1. The number of nitrogens with one attached hydrogen (secondary N) is 1. The minimum absolute atomic E-state index is 0.241. The molecule has 1 aliphatic carbocycles. The number of carbonyl (C=O) groups excluding carboxylic acids is 1. The lowest BCUT2D eigenvalue weighted by Gasteiger charge is -2.26. The van der Waals surface area contributed by atoms with E-state index in [4.69, 9.17) is 27.9 Å². The van der Waals surface area contributed by atoms with Gasteiger partial charge in [-0.1, -0.05) is 29.3 Å². The molecule has 23 heavy (non-hydrogen) atoms. The van der Waals surface area contributed by atoms with E-state index in [0.29, 0.717) is 35.2 Å². The average Bonchev–Trinajstić information content (AvgIpc) is 2.93. The first kappa shape index (κ1) is 17.8. The number of benzene rings is 1. The van der Waals surface area contributed by atoms with Crippen LogP contribution in [0.5, 0.6) is 0 Å². The Balaban J connectivity index is 2.29. The van der Waals surface area contributed by atoms with Gasteiger partial charge >= 0.3 is 5.97 Å². The highest BCUT2D eigenvalue weighted by atomic mass is 35.5. The number of nitrogens with zero attached hydrogens (tertiary/aromatic N) is 1. The number of rotatable bonds is 6. The van der Waals surface area contributed by atoms with Gasteiger partial charge in [0.05, 0.1) is 23.0 Å². The second-order valence-electron chi connectivity index (χ2n) is 5.44. The topological polar surface area (TPSA) is 50.7 Å². The van der Waals surface area contributed by atoms with Gasteiger partial charge in [0, 0.05) is 5.02 Å². The van der Waals surface area contributed by atoms with Crippen molar-refractivity contribution >= 4 is 40.6 Å². The van der Waals surface area contributed by atoms with Crippen molar-refractivity contribution < 1.29 is 9.53 Å². The van der Waals surface area contributed by atoms with Gasteiger partial charge in [0.15, 0.2) is 0 Å². The molecule has 1 atom stereocenters. The largest absolute Gasteiger partial charge is 0.465 e. The second kappa shape index (κ2) is 7.84. The van der Waals surface area contributed by atoms with Crippen LogP contribution in [0.2, 0.25) is 10.0 Å². The van der Waals surface area contributed by atoms with Crippen LogP contribution in [0.4, 0.5) is 5.69 Å². The molecule has 1 aliphatic rings. The van der Waals surface area contributed by atoms with E-state index in [2.05, 4.69) is 17.1 Å². The number of halogens is 2. The fourth-order valence-electron chi connectivity index (χ4n) is 2.85. The molecular formula is C17H20Cl2N2O2. The van der Waals surface area contributed by atoms with E-state index in [1.54, 1.807) is 31.2 Å². The maximum absolute atomic E-state index is 12.5. The van der Waals surface area contributed by atoms with Crippen LogP contribution < -0.4 is 5.43 Å². The summed E-state index contributed by atoms with van der Waals surface area (Å²) in [4.78, 5) is 12.5. The maximum Gasteiger partial charge on any atom is 0.318 e. The normalized spacial score (nSPS) is 22.1. The molecule has 1 aromatic rings. The Labute approximate surface area is 146 Å². The Bertz CT molecular complexity index is 631. The third kappa shape index (κ3) is 3.88. The van der Waals surface area contributed by atoms with Crippen LogP contribution in [0.1, 0.15) is 32.6 Å². The van der Waals surface area contributed by atoms with E-state index in [9.17, 15) is 4.79 Å². The van der Waals surface area contributed by atoms with Crippen molar-refractivity contribution in [2.75, 3.05) is 12.0 Å². The fourth-order valence-corrected chi connectivity index (χ4v) is 3.19. The van der Waals surface area contributed by atoms with E-state index >= 15 is 0 Å². The zero-order valence-corrected chi connectivity index (χ0v) is 14.6. The first-order valence-corrected chi connectivity index (χ1v) is 8.35. The molecule has 0 amide bonds. The zero-order chi connectivity index (χ0) is 16.9. The van der Waals surface area contributed by atoms with Crippen LogP contribution >= 0.6 is 23.2 Å². The SMILES string of the molecule is C=CCC1(C(=O)OCC)CCC/C1=N/Nc1cc(Cl)ccc1Cl. The molecule has 1 aromatic carbocycles. The van der Waals surface area contributed by atoms with Crippen LogP contribution in [-0.2, 0) is 9.53 Å². The van der Waals surface area contributed by atoms with Crippen LogP contribution in [0.25, 0.3) is 0 Å². The molecule has 1 unspecified atom stereocenters.